The number of aryl methyl sites for hydroxylation is 1. The number of rotatable bonds is 8. The zero-order valence-corrected chi connectivity index (χ0v) is 39.3. The molecule has 3 aliphatic heterocycles. The number of hydrazine groups is 1. The van der Waals surface area contributed by atoms with Crippen LogP contribution in [0.5, 0.6) is 0 Å². The number of methoxy groups -OCH3 is 1. The Morgan fingerprint density at radius 3 is 2.62 bits per heavy atom. The summed E-state index contributed by atoms with van der Waals surface area (Å²) < 4.78 is 15.9. The first-order valence-electron chi connectivity index (χ1n) is 22.7. The predicted molar refractivity (Wildman–Crippen MR) is 251 cm³/mol. The first kappa shape index (κ1) is 44.1. The Hall–Kier alpha value is -5.09. The fourth-order valence-corrected chi connectivity index (χ4v) is 11.0. The normalized spacial score (nSPS) is 23.4. The van der Waals surface area contributed by atoms with Gasteiger partial charge in [-0.05, 0) is 79.5 Å². The number of aromatic nitrogens is 3. The van der Waals surface area contributed by atoms with Gasteiger partial charge in [-0.1, -0.05) is 50.2 Å². The summed E-state index contributed by atoms with van der Waals surface area (Å²) in [6, 6.07) is 17.1. The van der Waals surface area contributed by atoms with Gasteiger partial charge in [0.25, 0.3) is 18.5 Å². The third kappa shape index (κ3) is 8.71. The molecule has 2 saturated heterocycles. The molecule has 13 nitrogen and oxygen atoms in total. The second kappa shape index (κ2) is 18.1. The Labute approximate surface area is 384 Å². The summed E-state index contributed by atoms with van der Waals surface area (Å²) in [6.07, 6.45) is 4.22. The Bertz CT molecular complexity index is 2580. The molecule has 1 N–H and O–H groups in total. The van der Waals surface area contributed by atoms with Crippen LogP contribution in [0, 0.1) is 11.3 Å². The van der Waals surface area contributed by atoms with Crippen molar-refractivity contribution in [1.29, 1.82) is 0 Å². The number of ether oxygens (including phenoxy) is 2. The molecule has 1 aliphatic carbocycles. The molecule has 64 heavy (non-hydrogen) atoms. The van der Waals surface area contributed by atoms with Crippen LogP contribution in [-0.4, -0.2) is 112 Å². The smallest absolute Gasteiger partial charge is 0.379 e. The first-order valence-corrected chi connectivity index (χ1v) is 23.9. The highest BCUT2D eigenvalue weighted by atomic mass is 32.1. The highest BCUT2D eigenvalue weighted by molar-refractivity contribution is 7.44. The molecule has 1 saturated carbocycles. The molecule has 6 heterocycles. The lowest BCUT2D eigenvalue weighted by Gasteiger charge is -2.34. The number of fused-ring (bicyclic) bond motifs is 6. The fraction of sp³-hybridized carbons (Fsp3) is 0.490. The van der Waals surface area contributed by atoms with Crippen LogP contribution in [0.3, 0.4) is 0 Å². The number of likely N-dealkylation sites (N-methyl/N-ethyl adjacent to an activating group) is 1. The van der Waals surface area contributed by atoms with E-state index in [1.807, 2.05) is 48.8 Å². The number of carbonyl (C=O) groups is 3. The average Bonchev–Trinajstić information content (AvgIpc) is 3.88. The lowest BCUT2D eigenvalue weighted by molar-refractivity contribution is -0.676. The number of thiazole rings is 1. The molecule has 5 aromatic rings. The van der Waals surface area contributed by atoms with Crippen molar-refractivity contribution in [2.75, 3.05) is 58.4 Å². The van der Waals surface area contributed by atoms with E-state index in [-0.39, 0.29) is 42.8 Å². The number of esters is 1. The molecule has 3 aromatic heterocycles. The van der Waals surface area contributed by atoms with Gasteiger partial charge in [0.1, 0.15) is 6.04 Å². The van der Waals surface area contributed by atoms with Gasteiger partial charge in [0.2, 0.25) is 5.91 Å². The van der Waals surface area contributed by atoms with Crippen molar-refractivity contribution in [1.82, 2.24) is 29.8 Å². The molecule has 6 bridgehead atoms. The van der Waals surface area contributed by atoms with E-state index >= 15 is 0 Å². The molecule has 15 heteroatoms. The van der Waals surface area contributed by atoms with E-state index < -0.39 is 23.5 Å². The number of pyridine rings is 1. The summed E-state index contributed by atoms with van der Waals surface area (Å²) >= 11 is 7.35. The van der Waals surface area contributed by atoms with Gasteiger partial charge < -0.3 is 29.2 Å². The minimum Gasteiger partial charge on any atom is -0.460 e. The molecule has 4 aliphatic rings. The minimum absolute atomic E-state index is 0.103. The maximum Gasteiger partial charge on any atom is 0.379 e. The van der Waals surface area contributed by atoms with Gasteiger partial charge in [-0.15, -0.1) is 16.3 Å². The van der Waals surface area contributed by atoms with Gasteiger partial charge in [0.05, 0.1) is 53.2 Å². The molecular weight excluding hydrogens is 845 g/mol. The topological polar surface area (TPSA) is 125 Å². The van der Waals surface area contributed by atoms with Crippen molar-refractivity contribution in [3.05, 3.63) is 88.0 Å². The SMILES string of the molecule is CCn1c(-c2cc(N3CCN(C)CC3)cnc2[C@H](C)OC)c2c3cc(ccc31)-c1csc(n1)C[C@H](NC(=O)[C@H]1C[C@@H]1c1ccccc1)C(=O)N1CCC[C@@H](C(=O)OCC(C)(C)C2)[N+]1=S. The summed E-state index contributed by atoms with van der Waals surface area (Å²) in [5, 5.41) is 8.40. The number of amides is 2. The predicted octanol–water partition coefficient (Wildman–Crippen LogP) is 6.91. The molecule has 336 valence electrons. The van der Waals surface area contributed by atoms with Gasteiger partial charge >= 0.3 is 11.9 Å². The highest BCUT2D eigenvalue weighted by Gasteiger charge is 2.48. The third-order valence-electron chi connectivity index (χ3n) is 13.6. The van der Waals surface area contributed by atoms with E-state index in [1.54, 1.807) is 7.11 Å². The van der Waals surface area contributed by atoms with E-state index in [0.717, 1.165) is 88.5 Å². The Kier molecular flexibility index (Phi) is 12.5. The van der Waals surface area contributed by atoms with Crippen molar-refractivity contribution >= 4 is 58.1 Å². The lowest BCUT2D eigenvalue weighted by Crippen LogP contribution is -2.58. The zero-order chi connectivity index (χ0) is 44.9. The van der Waals surface area contributed by atoms with Crippen LogP contribution in [0.1, 0.15) is 80.8 Å². The summed E-state index contributed by atoms with van der Waals surface area (Å²) in [5.41, 5.74) is 8.60. The van der Waals surface area contributed by atoms with E-state index in [9.17, 15) is 14.4 Å². The zero-order valence-electron chi connectivity index (χ0n) is 37.7. The van der Waals surface area contributed by atoms with Crippen LogP contribution in [0.2, 0.25) is 0 Å². The van der Waals surface area contributed by atoms with Crippen LogP contribution in [0.15, 0.2) is 66.2 Å². The van der Waals surface area contributed by atoms with E-state index in [0.29, 0.717) is 37.4 Å². The molecule has 5 atom stereocenters. The van der Waals surface area contributed by atoms with Gasteiger partial charge in [0, 0.05) is 91.4 Å². The lowest BCUT2D eigenvalue weighted by atomic mass is 9.84. The monoisotopic (exact) mass is 903 g/mol. The van der Waals surface area contributed by atoms with Crippen molar-refractivity contribution in [2.24, 2.45) is 11.3 Å². The molecular formula is C49H59N8O5S2+. The van der Waals surface area contributed by atoms with Crippen molar-refractivity contribution in [3.8, 4) is 22.5 Å². The Morgan fingerprint density at radius 2 is 1.88 bits per heavy atom. The summed E-state index contributed by atoms with van der Waals surface area (Å²) in [5.74, 6) is -1.12. The number of nitrogens with zero attached hydrogens (tertiary/aromatic N) is 7. The largest absolute Gasteiger partial charge is 0.460 e. The van der Waals surface area contributed by atoms with Crippen LogP contribution >= 0.6 is 11.3 Å². The standard InChI is InChI=1S/C49H58N8O5S2/c1-7-55-41-16-15-32-22-35(41)38(45(55)37-23-33(27-50-44(37)30(2)61-6)54-20-18-53(5)19-21-54)26-49(3,4)29-62-48(60)42-14-11-17-56(57(42)63)47(59)39(25-43-51-40(32)28-64-43)52-46(58)36-24-34(36)31-12-9-8-10-13-31/h8-10,12-13,15-16,22-23,27-28,30,34,36,39,42H,7,11,14,17-21,24-26,29H2,1-6H3/p+1/t30-,34+,36-,39-,42-/m0/s1. The number of cyclic esters (lactones) is 1. The van der Waals surface area contributed by atoms with Crippen molar-refractivity contribution in [2.45, 2.75) is 90.4 Å². The maximum atomic E-state index is 14.6. The fourth-order valence-electron chi connectivity index (χ4n) is 9.77. The second-order valence-corrected chi connectivity index (χ2v) is 20.0. The number of anilines is 1. The quantitative estimate of drug-likeness (QED) is 0.130. The molecule has 3 fully saturated rings. The molecule has 2 amide bonds. The summed E-state index contributed by atoms with van der Waals surface area (Å²) in [6.45, 7) is 13.4. The van der Waals surface area contributed by atoms with Gasteiger partial charge in [-0.25, -0.2) is 9.78 Å². The number of hydrogen-bond donors (Lipinski definition) is 1. The van der Waals surface area contributed by atoms with Crippen molar-refractivity contribution < 1.29 is 27.9 Å². The molecule has 0 spiro atoms. The number of carbonyl (C=O) groups excluding carboxylic acids is 3. The van der Waals surface area contributed by atoms with Crippen LogP contribution in [0.4, 0.5) is 5.69 Å². The number of benzene rings is 2. The summed E-state index contributed by atoms with van der Waals surface area (Å²) in [4.78, 5) is 57.5. The highest BCUT2D eigenvalue weighted by Crippen LogP contribution is 2.48. The number of nitrogens with one attached hydrogen (secondary N) is 1. The second-order valence-electron chi connectivity index (χ2n) is 18.7. The molecule has 0 radical (unpaired) electrons. The molecule has 9 rings (SSSR count). The van der Waals surface area contributed by atoms with E-state index in [1.165, 1.54) is 20.4 Å². The third-order valence-corrected chi connectivity index (χ3v) is 14.9. The molecule has 2 aromatic carbocycles. The van der Waals surface area contributed by atoms with Gasteiger partial charge in [-0.2, -0.15) is 0 Å². The first-order chi connectivity index (χ1) is 30.8. The van der Waals surface area contributed by atoms with Crippen LogP contribution < -0.4 is 10.2 Å². The van der Waals surface area contributed by atoms with Crippen LogP contribution in [-0.2, 0) is 55.7 Å². The number of hydrogen-bond acceptors (Lipinski definition) is 11. The Morgan fingerprint density at radius 1 is 1.09 bits per heavy atom. The van der Waals surface area contributed by atoms with E-state index in [4.69, 9.17) is 31.9 Å². The Balaban J connectivity index is 1.14. The van der Waals surface area contributed by atoms with Gasteiger partial charge in [0.15, 0.2) is 0 Å². The van der Waals surface area contributed by atoms with E-state index in [2.05, 4.69) is 71.8 Å². The molecule has 0 unspecified atom stereocenters. The number of piperazine rings is 1. The maximum absolute atomic E-state index is 14.6. The average molecular weight is 904 g/mol. The minimum atomic E-state index is -0.935. The summed E-state index contributed by atoms with van der Waals surface area (Å²) in [7, 11) is 3.89. The van der Waals surface area contributed by atoms with Crippen molar-refractivity contribution in [3.63, 3.8) is 0 Å². The van der Waals surface area contributed by atoms with Crippen LogP contribution in [0.25, 0.3) is 33.4 Å². The van der Waals surface area contributed by atoms with Gasteiger partial charge in [-0.3, -0.25) is 14.6 Å².